The average molecular weight is 319 g/mol. The minimum atomic E-state index is -4.45. The molecule has 0 amide bonds. The molecule has 0 aromatic carbocycles. The second kappa shape index (κ2) is 5.64. The predicted octanol–water partition coefficient (Wildman–Crippen LogP) is 2.96. The highest BCUT2D eigenvalue weighted by molar-refractivity contribution is 7.99. The summed E-state index contributed by atoms with van der Waals surface area (Å²) in [5.41, 5.74) is -1.04. The van der Waals surface area contributed by atoms with Gasteiger partial charge >= 0.3 is 6.18 Å². The van der Waals surface area contributed by atoms with Crippen molar-refractivity contribution in [1.29, 1.82) is 0 Å². The number of alkyl halides is 3. The van der Waals surface area contributed by atoms with Crippen molar-refractivity contribution in [3.8, 4) is 0 Å². The molecule has 2 aliphatic rings. The van der Waals surface area contributed by atoms with Crippen molar-refractivity contribution in [2.75, 3.05) is 23.4 Å². The molecule has 2 fully saturated rings. The molecule has 1 aromatic heterocycles. The van der Waals surface area contributed by atoms with Crippen molar-refractivity contribution in [2.45, 2.75) is 37.1 Å². The van der Waals surface area contributed by atoms with Crippen LogP contribution in [0.25, 0.3) is 0 Å². The zero-order valence-corrected chi connectivity index (χ0v) is 12.1. The van der Waals surface area contributed by atoms with Crippen LogP contribution >= 0.6 is 11.8 Å². The van der Waals surface area contributed by atoms with Crippen molar-refractivity contribution in [3.63, 3.8) is 0 Å². The topological polar surface area (TPSA) is 47.0 Å². The summed E-state index contributed by atoms with van der Waals surface area (Å²) in [6, 6.07) is 0.936. The van der Waals surface area contributed by atoms with E-state index in [-0.39, 0.29) is 17.6 Å². The zero-order chi connectivity index (χ0) is 14.9. The van der Waals surface area contributed by atoms with E-state index in [1.165, 1.54) is 0 Å². The summed E-state index contributed by atoms with van der Waals surface area (Å²) < 4.78 is 43.8. The van der Waals surface area contributed by atoms with Gasteiger partial charge in [-0.2, -0.15) is 24.9 Å². The molecule has 1 spiro atoms. The van der Waals surface area contributed by atoms with Crippen LogP contribution in [0, 0.1) is 0 Å². The molecule has 2 atom stereocenters. The quantitative estimate of drug-likeness (QED) is 0.908. The highest BCUT2D eigenvalue weighted by atomic mass is 32.2. The maximum absolute atomic E-state index is 12.6. The van der Waals surface area contributed by atoms with Gasteiger partial charge in [-0.15, -0.1) is 0 Å². The molecule has 116 valence electrons. The van der Waals surface area contributed by atoms with Crippen LogP contribution in [-0.4, -0.2) is 39.7 Å². The number of thioether (sulfide) groups is 1. The number of anilines is 1. The lowest BCUT2D eigenvalue weighted by Crippen LogP contribution is -2.44. The third-order valence-corrected chi connectivity index (χ3v) is 5.06. The first-order chi connectivity index (χ1) is 9.97. The van der Waals surface area contributed by atoms with Crippen LogP contribution in [0.2, 0.25) is 0 Å². The molecule has 4 nitrogen and oxygen atoms in total. The van der Waals surface area contributed by atoms with Crippen LogP contribution in [-0.2, 0) is 10.9 Å². The van der Waals surface area contributed by atoms with Gasteiger partial charge in [0.1, 0.15) is 5.69 Å². The van der Waals surface area contributed by atoms with E-state index < -0.39 is 11.9 Å². The molecule has 0 unspecified atom stereocenters. The molecule has 2 saturated heterocycles. The number of ether oxygens (including phenoxy) is 1. The lowest BCUT2D eigenvalue weighted by molar-refractivity contribution is -0.141. The van der Waals surface area contributed by atoms with E-state index in [2.05, 4.69) is 15.3 Å². The summed E-state index contributed by atoms with van der Waals surface area (Å²) in [4.78, 5) is 7.45. The number of nitrogens with zero attached hydrogens (tertiary/aromatic N) is 2. The van der Waals surface area contributed by atoms with Gasteiger partial charge in [0, 0.05) is 24.6 Å². The second-order valence-electron chi connectivity index (χ2n) is 5.43. The van der Waals surface area contributed by atoms with Crippen LogP contribution in [0.3, 0.4) is 0 Å². The molecule has 3 heterocycles. The van der Waals surface area contributed by atoms with Crippen molar-refractivity contribution >= 4 is 17.7 Å². The van der Waals surface area contributed by atoms with Gasteiger partial charge in [0.25, 0.3) is 0 Å². The molecular weight excluding hydrogens is 303 g/mol. The van der Waals surface area contributed by atoms with Gasteiger partial charge in [0.15, 0.2) is 0 Å². The zero-order valence-electron chi connectivity index (χ0n) is 11.3. The lowest BCUT2D eigenvalue weighted by atomic mass is 9.90. The fourth-order valence-corrected chi connectivity index (χ4v) is 4.16. The van der Waals surface area contributed by atoms with Crippen molar-refractivity contribution in [3.05, 3.63) is 18.0 Å². The molecule has 2 aliphatic heterocycles. The Bertz CT molecular complexity index is 506. The fraction of sp³-hybridized carbons (Fsp3) is 0.692. The Hall–Kier alpha value is -1.02. The Labute approximate surface area is 124 Å². The third-order valence-electron chi connectivity index (χ3n) is 3.84. The Morgan fingerprint density at radius 3 is 3.00 bits per heavy atom. The van der Waals surface area contributed by atoms with E-state index in [1.807, 2.05) is 11.8 Å². The van der Waals surface area contributed by atoms with E-state index in [0.29, 0.717) is 6.61 Å². The van der Waals surface area contributed by atoms with Crippen LogP contribution in [0.15, 0.2) is 12.3 Å². The minimum absolute atomic E-state index is 0.0394. The van der Waals surface area contributed by atoms with Crippen LogP contribution in [0.5, 0.6) is 0 Å². The van der Waals surface area contributed by atoms with Crippen LogP contribution in [0.1, 0.15) is 25.0 Å². The van der Waals surface area contributed by atoms with Gasteiger partial charge in [-0.25, -0.2) is 9.97 Å². The monoisotopic (exact) mass is 319 g/mol. The Kier molecular flexibility index (Phi) is 4.00. The molecule has 21 heavy (non-hydrogen) atoms. The second-order valence-corrected chi connectivity index (χ2v) is 6.54. The number of hydrogen-bond acceptors (Lipinski definition) is 5. The molecule has 3 rings (SSSR count). The van der Waals surface area contributed by atoms with Crippen LogP contribution in [0.4, 0.5) is 19.1 Å². The number of rotatable bonds is 2. The Morgan fingerprint density at radius 1 is 1.43 bits per heavy atom. The van der Waals surface area contributed by atoms with Crippen molar-refractivity contribution < 1.29 is 17.9 Å². The first-order valence-corrected chi connectivity index (χ1v) is 8.01. The summed E-state index contributed by atoms with van der Waals surface area (Å²) in [6.07, 6.45) is -0.762. The molecular formula is C13H16F3N3OS. The molecule has 0 saturated carbocycles. The Balaban J connectivity index is 1.69. The van der Waals surface area contributed by atoms with E-state index in [4.69, 9.17) is 4.74 Å². The summed E-state index contributed by atoms with van der Waals surface area (Å²) in [6.45, 7) is 0.622. The normalized spacial score (nSPS) is 29.8. The van der Waals surface area contributed by atoms with Crippen LogP contribution < -0.4 is 5.32 Å². The highest BCUT2D eigenvalue weighted by Gasteiger charge is 2.40. The average Bonchev–Trinajstić information content (AvgIpc) is 2.86. The first-order valence-electron chi connectivity index (χ1n) is 6.85. The molecule has 0 radical (unpaired) electrons. The summed E-state index contributed by atoms with van der Waals surface area (Å²) in [7, 11) is 0. The maximum atomic E-state index is 12.6. The van der Waals surface area contributed by atoms with Crippen molar-refractivity contribution in [1.82, 2.24) is 9.97 Å². The first kappa shape index (κ1) is 14.9. The van der Waals surface area contributed by atoms with E-state index in [1.54, 1.807) is 0 Å². The predicted molar refractivity (Wildman–Crippen MR) is 74.3 cm³/mol. The highest BCUT2D eigenvalue weighted by Crippen LogP contribution is 2.38. The molecule has 8 heteroatoms. The van der Waals surface area contributed by atoms with E-state index in [9.17, 15) is 13.2 Å². The summed E-state index contributed by atoms with van der Waals surface area (Å²) in [5.74, 6) is 2.07. The van der Waals surface area contributed by atoms with E-state index >= 15 is 0 Å². The van der Waals surface area contributed by atoms with Gasteiger partial charge < -0.3 is 10.1 Å². The fourth-order valence-electron chi connectivity index (χ4n) is 2.78. The van der Waals surface area contributed by atoms with Gasteiger partial charge in [0.2, 0.25) is 5.95 Å². The smallest absolute Gasteiger partial charge is 0.374 e. The molecule has 1 aromatic rings. The number of hydrogen-bond donors (Lipinski definition) is 1. The number of halogens is 3. The maximum Gasteiger partial charge on any atom is 0.433 e. The SMILES string of the molecule is FC(F)(F)c1ccnc(N[C@@H]2CCO[C@@]3(CCSC3)C2)n1. The third kappa shape index (κ3) is 3.42. The number of nitrogens with one attached hydrogen (secondary N) is 1. The van der Waals surface area contributed by atoms with Crippen molar-refractivity contribution in [2.24, 2.45) is 0 Å². The Morgan fingerprint density at radius 2 is 2.29 bits per heavy atom. The minimum Gasteiger partial charge on any atom is -0.374 e. The molecule has 0 bridgehead atoms. The summed E-state index contributed by atoms with van der Waals surface area (Å²) >= 11 is 1.86. The summed E-state index contributed by atoms with van der Waals surface area (Å²) in [5, 5.41) is 3.03. The van der Waals surface area contributed by atoms with Gasteiger partial charge in [-0.05, 0) is 31.1 Å². The van der Waals surface area contributed by atoms with Gasteiger partial charge in [-0.1, -0.05) is 0 Å². The standard InChI is InChI=1S/C13H16F3N3OS/c14-13(15,16)10-1-4-17-11(19-10)18-9-2-5-20-12(7-9)3-6-21-8-12/h1,4,9H,2-3,5-8H2,(H,17,18,19)/t9-,12+/m1/s1. The largest absolute Gasteiger partial charge is 0.433 e. The van der Waals surface area contributed by atoms with E-state index in [0.717, 1.165) is 43.0 Å². The molecule has 1 N–H and O–H groups in total. The number of aromatic nitrogens is 2. The van der Waals surface area contributed by atoms with Gasteiger partial charge in [0.05, 0.1) is 5.60 Å². The lowest BCUT2D eigenvalue weighted by Gasteiger charge is -2.38. The van der Waals surface area contributed by atoms with Gasteiger partial charge in [-0.3, -0.25) is 0 Å². The molecule has 0 aliphatic carbocycles.